The van der Waals surface area contributed by atoms with Gasteiger partial charge in [0.15, 0.2) is 0 Å². The zero-order valence-electron chi connectivity index (χ0n) is 9.91. The van der Waals surface area contributed by atoms with Crippen molar-refractivity contribution in [1.82, 2.24) is 0 Å². The fourth-order valence-corrected chi connectivity index (χ4v) is 3.06. The molecule has 2 N–H and O–H groups in total. The normalized spacial score (nSPS) is 19.3. The second-order valence-corrected chi connectivity index (χ2v) is 5.63. The Morgan fingerprint density at radius 2 is 2.25 bits per heavy atom. The first-order chi connectivity index (χ1) is 7.63. The van der Waals surface area contributed by atoms with Gasteiger partial charge in [0.25, 0.3) is 0 Å². The van der Waals surface area contributed by atoms with Crippen molar-refractivity contribution >= 4 is 21.6 Å². The zero-order chi connectivity index (χ0) is 11.7. The molecule has 0 saturated heterocycles. The van der Waals surface area contributed by atoms with Crippen molar-refractivity contribution in [2.45, 2.75) is 38.8 Å². The Bertz CT molecular complexity index is 376. The van der Waals surface area contributed by atoms with Crippen LogP contribution in [0, 0.1) is 0 Å². The van der Waals surface area contributed by atoms with Gasteiger partial charge in [0.1, 0.15) is 0 Å². The van der Waals surface area contributed by atoms with E-state index in [0.29, 0.717) is 12.1 Å². The molecule has 1 aromatic rings. The molecule has 3 heteroatoms. The van der Waals surface area contributed by atoms with Crippen LogP contribution in [0.1, 0.15) is 25.8 Å². The van der Waals surface area contributed by atoms with Crippen LogP contribution in [0.4, 0.5) is 5.69 Å². The van der Waals surface area contributed by atoms with Gasteiger partial charge in [-0.1, -0.05) is 15.9 Å². The predicted octanol–water partition coefficient (Wildman–Crippen LogP) is 2.94. The van der Waals surface area contributed by atoms with E-state index in [4.69, 9.17) is 5.73 Å². The maximum absolute atomic E-state index is 5.70. The third-order valence-corrected chi connectivity index (χ3v) is 3.72. The Morgan fingerprint density at radius 1 is 1.50 bits per heavy atom. The number of hydrogen-bond donors (Lipinski definition) is 1. The molecule has 1 aliphatic rings. The summed E-state index contributed by atoms with van der Waals surface area (Å²) in [6.45, 7) is 5.27. The summed E-state index contributed by atoms with van der Waals surface area (Å²) < 4.78 is 1.17. The molecule has 2 nitrogen and oxygen atoms in total. The minimum absolute atomic E-state index is 0.541. The SMILES string of the molecule is CC(C)N1c2ccc(Br)cc2CC1CCN. The highest BCUT2D eigenvalue weighted by Crippen LogP contribution is 2.36. The lowest BCUT2D eigenvalue weighted by Crippen LogP contribution is -2.38. The van der Waals surface area contributed by atoms with Gasteiger partial charge in [-0.3, -0.25) is 0 Å². The number of benzene rings is 1. The first-order valence-electron chi connectivity index (χ1n) is 5.90. The van der Waals surface area contributed by atoms with Crippen LogP contribution in [-0.4, -0.2) is 18.6 Å². The fourth-order valence-electron chi connectivity index (χ4n) is 2.65. The molecular formula is C13H19BrN2. The van der Waals surface area contributed by atoms with Gasteiger partial charge in [-0.25, -0.2) is 0 Å². The number of nitrogens with zero attached hydrogens (tertiary/aromatic N) is 1. The molecule has 16 heavy (non-hydrogen) atoms. The monoisotopic (exact) mass is 282 g/mol. The highest BCUT2D eigenvalue weighted by Gasteiger charge is 2.30. The number of halogens is 1. The van der Waals surface area contributed by atoms with E-state index in [9.17, 15) is 0 Å². The standard InChI is InChI=1S/C13H19BrN2/c1-9(2)16-12(5-6-15)8-10-7-11(14)3-4-13(10)16/h3-4,7,9,12H,5-6,8,15H2,1-2H3. The molecule has 0 aliphatic carbocycles. The molecule has 2 rings (SSSR count). The molecule has 1 aromatic carbocycles. The molecule has 1 unspecified atom stereocenters. The van der Waals surface area contributed by atoms with Crippen molar-refractivity contribution < 1.29 is 0 Å². The minimum Gasteiger partial charge on any atom is -0.366 e. The van der Waals surface area contributed by atoms with Crippen LogP contribution in [0.5, 0.6) is 0 Å². The largest absolute Gasteiger partial charge is 0.366 e. The van der Waals surface area contributed by atoms with E-state index in [0.717, 1.165) is 19.4 Å². The Morgan fingerprint density at radius 3 is 2.88 bits per heavy atom. The maximum Gasteiger partial charge on any atom is 0.0405 e. The van der Waals surface area contributed by atoms with Gasteiger partial charge >= 0.3 is 0 Å². The predicted molar refractivity (Wildman–Crippen MR) is 72.9 cm³/mol. The first kappa shape index (κ1) is 11.9. The van der Waals surface area contributed by atoms with Crippen LogP contribution in [0.2, 0.25) is 0 Å². The molecule has 0 fully saturated rings. The Hall–Kier alpha value is -0.540. The molecule has 0 aromatic heterocycles. The summed E-state index contributed by atoms with van der Waals surface area (Å²) in [6, 6.07) is 7.70. The molecule has 0 spiro atoms. The summed E-state index contributed by atoms with van der Waals surface area (Å²) >= 11 is 3.54. The van der Waals surface area contributed by atoms with Crippen LogP contribution in [0.15, 0.2) is 22.7 Å². The summed E-state index contributed by atoms with van der Waals surface area (Å²) in [5.74, 6) is 0. The topological polar surface area (TPSA) is 29.3 Å². The van der Waals surface area contributed by atoms with E-state index >= 15 is 0 Å². The van der Waals surface area contributed by atoms with Gasteiger partial charge in [0.2, 0.25) is 0 Å². The molecular weight excluding hydrogens is 264 g/mol. The van der Waals surface area contributed by atoms with Gasteiger partial charge in [-0.2, -0.15) is 0 Å². The Labute approximate surface area is 106 Å². The van der Waals surface area contributed by atoms with Crippen molar-refractivity contribution in [3.63, 3.8) is 0 Å². The van der Waals surface area contributed by atoms with Crippen molar-refractivity contribution in [1.29, 1.82) is 0 Å². The summed E-state index contributed by atoms with van der Waals surface area (Å²) in [6.07, 6.45) is 2.20. The molecule has 1 atom stereocenters. The van der Waals surface area contributed by atoms with Crippen LogP contribution in [0.25, 0.3) is 0 Å². The van der Waals surface area contributed by atoms with Gasteiger partial charge in [-0.05, 0) is 57.0 Å². The van der Waals surface area contributed by atoms with Crippen LogP contribution in [0.3, 0.4) is 0 Å². The zero-order valence-corrected chi connectivity index (χ0v) is 11.5. The van der Waals surface area contributed by atoms with E-state index < -0.39 is 0 Å². The second-order valence-electron chi connectivity index (χ2n) is 4.71. The number of rotatable bonds is 3. The van der Waals surface area contributed by atoms with Crippen molar-refractivity contribution in [3.05, 3.63) is 28.2 Å². The molecule has 0 radical (unpaired) electrons. The average Bonchev–Trinajstić information content (AvgIpc) is 2.55. The van der Waals surface area contributed by atoms with Gasteiger partial charge in [0.05, 0.1) is 0 Å². The average molecular weight is 283 g/mol. The molecule has 0 bridgehead atoms. The van der Waals surface area contributed by atoms with Crippen LogP contribution in [-0.2, 0) is 6.42 Å². The highest BCUT2D eigenvalue weighted by atomic mass is 79.9. The van der Waals surface area contributed by atoms with Crippen molar-refractivity contribution in [2.24, 2.45) is 5.73 Å². The first-order valence-corrected chi connectivity index (χ1v) is 6.69. The Kier molecular flexibility index (Phi) is 3.55. The molecule has 88 valence electrons. The van der Waals surface area contributed by atoms with Gasteiger partial charge in [0, 0.05) is 22.2 Å². The van der Waals surface area contributed by atoms with E-state index in [1.165, 1.54) is 15.7 Å². The molecule has 1 aliphatic heterocycles. The fraction of sp³-hybridized carbons (Fsp3) is 0.538. The van der Waals surface area contributed by atoms with E-state index in [1.54, 1.807) is 0 Å². The number of nitrogens with two attached hydrogens (primary N) is 1. The van der Waals surface area contributed by atoms with Gasteiger partial charge in [-0.15, -0.1) is 0 Å². The van der Waals surface area contributed by atoms with Crippen LogP contribution >= 0.6 is 15.9 Å². The number of anilines is 1. The Balaban J connectivity index is 2.33. The minimum atomic E-state index is 0.541. The number of fused-ring (bicyclic) bond motifs is 1. The second kappa shape index (κ2) is 4.76. The van der Waals surface area contributed by atoms with Crippen LogP contribution < -0.4 is 10.6 Å². The smallest absolute Gasteiger partial charge is 0.0405 e. The summed E-state index contributed by atoms with van der Waals surface area (Å²) in [5, 5.41) is 0. The maximum atomic E-state index is 5.70. The summed E-state index contributed by atoms with van der Waals surface area (Å²) in [7, 11) is 0. The highest BCUT2D eigenvalue weighted by molar-refractivity contribution is 9.10. The quantitative estimate of drug-likeness (QED) is 0.924. The van der Waals surface area contributed by atoms with Crippen molar-refractivity contribution in [3.8, 4) is 0 Å². The van der Waals surface area contributed by atoms with E-state index in [2.05, 4.69) is 52.9 Å². The lowest BCUT2D eigenvalue weighted by molar-refractivity contribution is 0.542. The van der Waals surface area contributed by atoms with E-state index in [1.807, 2.05) is 0 Å². The molecule has 0 amide bonds. The number of hydrogen-bond acceptors (Lipinski definition) is 2. The van der Waals surface area contributed by atoms with Gasteiger partial charge < -0.3 is 10.6 Å². The molecule has 0 saturated carbocycles. The molecule has 1 heterocycles. The third-order valence-electron chi connectivity index (χ3n) is 3.22. The van der Waals surface area contributed by atoms with Crippen molar-refractivity contribution in [2.75, 3.05) is 11.4 Å². The third kappa shape index (κ3) is 2.11. The van der Waals surface area contributed by atoms with E-state index in [-0.39, 0.29) is 0 Å². The summed E-state index contributed by atoms with van der Waals surface area (Å²) in [5.41, 5.74) is 8.53. The summed E-state index contributed by atoms with van der Waals surface area (Å²) in [4.78, 5) is 2.51. The lowest BCUT2D eigenvalue weighted by atomic mass is 10.1. The lowest BCUT2D eigenvalue weighted by Gasteiger charge is -2.31.